The average Bonchev–Trinajstić information content (AvgIpc) is 2.62. The summed E-state index contributed by atoms with van der Waals surface area (Å²) in [5, 5.41) is 8.58. The Kier molecular flexibility index (Phi) is 3.74. The van der Waals surface area contributed by atoms with Crippen molar-refractivity contribution in [3.63, 3.8) is 0 Å². The maximum Gasteiger partial charge on any atom is 0.402 e. The zero-order chi connectivity index (χ0) is 13.3. The lowest BCUT2D eigenvalue weighted by Gasteiger charge is -2.07. The second-order valence-corrected chi connectivity index (χ2v) is 5.55. The number of nitrogens with zero attached hydrogens (tertiary/aromatic N) is 1. The summed E-state index contributed by atoms with van der Waals surface area (Å²) >= 11 is 0.426. The molecular formula is C6H5F3N2O4S2. The van der Waals surface area contributed by atoms with Crippen molar-refractivity contribution in [2.75, 3.05) is 6.54 Å². The third-order valence-corrected chi connectivity index (χ3v) is 4.22. The van der Waals surface area contributed by atoms with Crippen molar-refractivity contribution < 1.29 is 31.5 Å². The molecule has 0 unspecified atom stereocenters. The Morgan fingerprint density at radius 2 is 2.12 bits per heavy atom. The highest BCUT2D eigenvalue weighted by Crippen LogP contribution is 2.21. The maximum atomic E-state index is 11.8. The van der Waals surface area contributed by atoms with E-state index in [-0.39, 0.29) is 0 Å². The zero-order valence-electron chi connectivity index (χ0n) is 7.85. The first-order valence-electron chi connectivity index (χ1n) is 3.86. The normalized spacial score (nSPS) is 12.6. The summed E-state index contributed by atoms with van der Waals surface area (Å²) in [6, 6.07) is 0. The van der Waals surface area contributed by atoms with E-state index in [4.69, 9.17) is 5.11 Å². The van der Waals surface area contributed by atoms with Crippen molar-refractivity contribution in [3.05, 3.63) is 11.2 Å². The first-order valence-corrected chi connectivity index (χ1v) is 6.23. The molecule has 0 atom stereocenters. The summed E-state index contributed by atoms with van der Waals surface area (Å²) in [5.41, 5.74) is 0.121. The highest BCUT2D eigenvalue weighted by Gasteiger charge is 2.32. The second kappa shape index (κ2) is 4.58. The van der Waals surface area contributed by atoms with Gasteiger partial charge in [0.25, 0.3) is 10.0 Å². The van der Waals surface area contributed by atoms with Crippen molar-refractivity contribution in [1.82, 2.24) is 9.71 Å². The van der Waals surface area contributed by atoms with Crippen LogP contribution < -0.4 is 4.72 Å². The average molecular weight is 290 g/mol. The minimum absolute atomic E-state index is 0.426. The van der Waals surface area contributed by atoms with Gasteiger partial charge in [0.1, 0.15) is 6.54 Å². The molecule has 0 spiro atoms. The van der Waals surface area contributed by atoms with Crippen LogP contribution in [0.15, 0.2) is 9.72 Å². The van der Waals surface area contributed by atoms with Gasteiger partial charge in [-0.25, -0.2) is 22.9 Å². The number of nitrogens with one attached hydrogen (secondary N) is 1. The molecule has 1 aromatic heterocycles. The summed E-state index contributed by atoms with van der Waals surface area (Å²) in [5.74, 6) is -1.63. The Morgan fingerprint density at radius 1 is 1.53 bits per heavy atom. The monoisotopic (exact) mass is 290 g/mol. The van der Waals surface area contributed by atoms with Gasteiger partial charge in [0.15, 0.2) is 9.90 Å². The molecule has 0 amide bonds. The number of sulfonamides is 1. The lowest BCUT2D eigenvalue weighted by atomic mass is 10.5. The van der Waals surface area contributed by atoms with E-state index >= 15 is 0 Å². The van der Waals surface area contributed by atoms with Crippen molar-refractivity contribution in [3.8, 4) is 0 Å². The fourth-order valence-electron chi connectivity index (χ4n) is 0.811. The van der Waals surface area contributed by atoms with Crippen LogP contribution in [0.25, 0.3) is 0 Å². The number of hydrogen-bond acceptors (Lipinski definition) is 5. The third kappa shape index (κ3) is 3.64. The van der Waals surface area contributed by atoms with Gasteiger partial charge >= 0.3 is 12.1 Å². The molecule has 0 aliphatic heterocycles. The van der Waals surface area contributed by atoms with E-state index in [0.717, 1.165) is 5.51 Å². The molecule has 0 aromatic carbocycles. The predicted molar refractivity (Wildman–Crippen MR) is 50.3 cm³/mol. The number of carboxylic acids is 1. The van der Waals surface area contributed by atoms with Crippen LogP contribution in [-0.4, -0.2) is 37.2 Å². The van der Waals surface area contributed by atoms with Gasteiger partial charge in [-0.3, -0.25) is 0 Å². The molecule has 0 radical (unpaired) electrons. The number of thiazole rings is 1. The Bertz CT molecular complexity index is 522. The lowest BCUT2D eigenvalue weighted by molar-refractivity contribution is -0.121. The van der Waals surface area contributed by atoms with Gasteiger partial charge in [-0.2, -0.15) is 13.2 Å². The highest BCUT2D eigenvalue weighted by molar-refractivity contribution is 7.91. The molecule has 2 N–H and O–H groups in total. The Morgan fingerprint density at radius 3 is 2.59 bits per heavy atom. The van der Waals surface area contributed by atoms with Crippen LogP contribution in [0, 0.1) is 0 Å². The number of hydrogen-bond donors (Lipinski definition) is 2. The largest absolute Gasteiger partial charge is 0.476 e. The first kappa shape index (κ1) is 13.9. The molecule has 0 aliphatic carbocycles. The number of alkyl halides is 3. The fraction of sp³-hybridized carbons (Fsp3) is 0.333. The molecule has 0 saturated carbocycles. The van der Waals surface area contributed by atoms with E-state index in [1.54, 1.807) is 0 Å². The molecule has 96 valence electrons. The van der Waals surface area contributed by atoms with E-state index in [0.29, 0.717) is 11.3 Å². The van der Waals surface area contributed by atoms with E-state index in [1.165, 1.54) is 4.72 Å². The van der Waals surface area contributed by atoms with Crippen molar-refractivity contribution in [2.24, 2.45) is 0 Å². The molecule has 0 bridgehead atoms. The van der Waals surface area contributed by atoms with Crippen LogP contribution in [-0.2, 0) is 10.0 Å². The highest BCUT2D eigenvalue weighted by atomic mass is 32.2. The van der Waals surface area contributed by atoms with Gasteiger partial charge in [-0.15, -0.1) is 11.3 Å². The zero-order valence-corrected chi connectivity index (χ0v) is 9.49. The van der Waals surface area contributed by atoms with Gasteiger partial charge in [0.2, 0.25) is 0 Å². The van der Waals surface area contributed by atoms with Gasteiger partial charge in [0.05, 0.1) is 5.51 Å². The van der Waals surface area contributed by atoms with Crippen LogP contribution in [0.5, 0.6) is 0 Å². The molecule has 0 saturated heterocycles. The molecule has 17 heavy (non-hydrogen) atoms. The first-order chi connectivity index (χ1) is 7.63. The number of aromatic carboxylic acids is 1. The Hall–Kier alpha value is -1.20. The lowest BCUT2D eigenvalue weighted by Crippen LogP contribution is -2.34. The minimum atomic E-state index is -4.72. The summed E-state index contributed by atoms with van der Waals surface area (Å²) in [6.07, 6.45) is -4.72. The summed E-state index contributed by atoms with van der Waals surface area (Å²) < 4.78 is 58.7. The van der Waals surface area contributed by atoms with E-state index in [2.05, 4.69) is 4.98 Å². The fourth-order valence-corrected chi connectivity index (χ4v) is 3.01. The van der Waals surface area contributed by atoms with Crippen molar-refractivity contribution >= 4 is 27.3 Å². The molecule has 1 rings (SSSR count). The summed E-state index contributed by atoms with van der Waals surface area (Å²) in [6.45, 7) is -1.77. The van der Waals surface area contributed by atoms with Gasteiger partial charge < -0.3 is 5.11 Å². The second-order valence-electron chi connectivity index (χ2n) is 2.73. The SMILES string of the molecule is O=C(O)c1ncsc1S(=O)(=O)NCC(F)(F)F. The number of rotatable bonds is 4. The van der Waals surface area contributed by atoms with E-state index < -0.39 is 38.6 Å². The van der Waals surface area contributed by atoms with Gasteiger partial charge in [-0.05, 0) is 0 Å². The van der Waals surface area contributed by atoms with Crippen molar-refractivity contribution in [1.29, 1.82) is 0 Å². The standard InChI is InChI=1S/C6H5F3N2O4S2/c7-6(8,9)1-11-17(14,15)5-3(4(12)13)10-2-16-5/h2,11H,1H2,(H,12,13). The topological polar surface area (TPSA) is 96.4 Å². The number of carboxylic acid groups (broad SMARTS) is 1. The molecule has 1 aromatic rings. The Balaban J connectivity index is 2.98. The van der Waals surface area contributed by atoms with Crippen LogP contribution in [0.1, 0.15) is 10.5 Å². The molecule has 11 heteroatoms. The van der Waals surface area contributed by atoms with E-state index in [1.807, 2.05) is 0 Å². The van der Waals surface area contributed by atoms with Crippen LogP contribution >= 0.6 is 11.3 Å². The number of carbonyl (C=O) groups is 1. The molecule has 0 aliphatic rings. The van der Waals surface area contributed by atoms with Crippen molar-refractivity contribution in [2.45, 2.75) is 10.4 Å². The molecule has 1 heterocycles. The van der Waals surface area contributed by atoms with Crippen LogP contribution in [0.4, 0.5) is 13.2 Å². The predicted octanol–water partition coefficient (Wildman–Crippen LogP) is 0.682. The van der Waals surface area contributed by atoms with Crippen LogP contribution in [0.3, 0.4) is 0 Å². The summed E-state index contributed by atoms with van der Waals surface area (Å²) in [4.78, 5) is 13.8. The molecule has 6 nitrogen and oxygen atoms in total. The number of aromatic nitrogens is 1. The van der Waals surface area contributed by atoms with Gasteiger partial charge in [0, 0.05) is 0 Å². The smallest absolute Gasteiger partial charge is 0.402 e. The van der Waals surface area contributed by atoms with Gasteiger partial charge in [-0.1, -0.05) is 0 Å². The van der Waals surface area contributed by atoms with E-state index in [9.17, 15) is 26.4 Å². The minimum Gasteiger partial charge on any atom is -0.476 e. The quantitative estimate of drug-likeness (QED) is 0.850. The maximum absolute atomic E-state index is 11.8. The number of halogens is 3. The molecular weight excluding hydrogens is 285 g/mol. The third-order valence-electron chi connectivity index (χ3n) is 1.44. The van der Waals surface area contributed by atoms with Crippen LogP contribution in [0.2, 0.25) is 0 Å². The molecule has 0 fully saturated rings. The summed E-state index contributed by atoms with van der Waals surface area (Å²) in [7, 11) is -4.52. The Labute approximate surface area is 97.1 Å².